The van der Waals surface area contributed by atoms with Gasteiger partial charge in [0.2, 0.25) is 0 Å². The molecule has 0 bridgehead atoms. The zero-order valence-electron chi connectivity index (χ0n) is 13.3. The van der Waals surface area contributed by atoms with Gasteiger partial charge in [-0.2, -0.15) is 8.42 Å². The van der Waals surface area contributed by atoms with Gasteiger partial charge in [0.15, 0.2) is 12.6 Å². The van der Waals surface area contributed by atoms with E-state index in [4.69, 9.17) is 18.8 Å². The molecule has 0 radical (unpaired) electrons. The maximum absolute atomic E-state index is 10.9. The second-order valence-electron chi connectivity index (χ2n) is 5.99. The van der Waals surface area contributed by atoms with Gasteiger partial charge in [-0.1, -0.05) is 0 Å². The van der Waals surface area contributed by atoms with E-state index in [1.54, 1.807) is 0 Å². The molecule has 6 N–H and O–H groups in total. The molecule has 10 atom stereocenters. The van der Waals surface area contributed by atoms with E-state index in [2.05, 4.69) is 4.18 Å². The van der Waals surface area contributed by atoms with E-state index in [1.807, 2.05) is 0 Å². The number of ether oxygens (including phenoxy) is 3. The van der Waals surface area contributed by atoms with Crippen molar-refractivity contribution in [2.24, 2.45) is 0 Å². The molecule has 2 aliphatic heterocycles. The SMILES string of the molecule is C[C@@H]1O[C@@H](O[C@H]2C(O)O[C@H](C)[C@H](OS(=O)(=O)O)[C@@H]2O)[C@H](O)[C@H](O)[C@H]1O. The predicted octanol–water partition coefficient (Wildman–Crippen LogP) is -3.51. The van der Waals surface area contributed by atoms with Crippen LogP contribution in [-0.2, 0) is 28.8 Å². The molecule has 2 fully saturated rings. The molecule has 148 valence electrons. The Morgan fingerprint density at radius 1 is 0.800 bits per heavy atom. The Hall–Kier alpha value is -0.450. The van der Waals surface area contributed by atoms with Gasteiger partial charge in [0.05, 0.1) is 12.2 Å². The summed E-state index contributed by atoms with van der Waals surface area (Å²) in [6.07, 6.45) is -15.1. The molecule has 2 aliphatic rings. The standard InChI is InChI=1S/C12H22O12S/c1-3-5(13)6(14)7(15)12(22-3)23-10-8(16)9(24-25(18,19)20)4(2)21-11(10)17/h3-17H,1-2H3,(H,18,19,20)/t3-,4+,5-,6+,7+,8-,9-,10+,11?,12-/m0/s1. The molecular formula is C12H22O12S. The van der Waals surface area contributed by atoms with Crippen molar-refractivity contribution in [1.29, 1.82) is 0 Å². The van der Waals surface area contributed by atoms with Gasteiger partial charge >= 0.3 is 10.4 Å². The first kappa shape index (κ1) is 20.9. The lowest BCUT2D eigenvalue weighted by atomic mass is 9.98. The summed E-state index contributed by atoms with van der Waals surface area (Å²) in [5.41, 5.74) is 0. The third kappa shape index (κ3) is 4.64. The van der Waals surface area contributed by atoms with E-state index in [1.165, 1.54) is 13.8 Å². The van der Waals surface area contributed by atoms with Crippen molar-refractivity contribution in [3.8, 4) is 0 Å². The van der Waals surface area contributed by atoms with Crippen molar-refractivity contribution in [2.45, 2.75) is 75.3 Å². The Morgan fingerprint density at radius 2 is 1.40 bits per heavy atom. The van der Waals surface area contributed by atoms with E-state index in [0.717, 1.165) is 0 Å². The van der Waals surface area contributed by atoms with Crippen LogP contribution in [-0.4, -0.2) is 99.9 Å². The van der Waals surface area contributed by atoms with Crippen molar-refractivity contribution in [2.75, 3.05) is 0 Å². The first-order chi connectivity index (χ1) is 11.4. The molecule has 0 aromatic carbocycles. The van der Waals surface area contributed by atoms with Crippen molar-refractivity contribution in [3.05, 3.63) is 0 Å². The Kier molecular flexibility index (Phi) is 6.39. The molecule has 2 saturated heterocycles. The molecule has 1 unspecified atom stereocenters. The molecule has 2 heterocycles. The van der Waals surface area contributed by atoms with Crippen LogP contribution >= 0.6 is 0 Å². The van der Waals surface area contributed by atoms with Crippen LogP contribution in [0, 0.1) is 0 Å². The van der Waals surface area contributed by atoms with Gasteiger partial charge in [0.25, 0.3) is 0 Å². The maximum atomic E-state index is 10.9. The summed E-state index contributed by atoms with van der Waals surface area (Å²) < 4.78 is 50.3. The molecule has 25 heavy (non-hydrogen) atoms. The van der Waals surface area contributed by atoms with Crippen molar-refractivity contribution < 1.29 is 56.9 Å². The Morgan fingerprint density at radius 3 is 1.96 bits per heavy atom. The molecule has 0 aromatic heterocycles. The molecular weight excluding hydrogens is 368 g/mol. The summed E-state index contributed by atoms with van der Waals surface area (Å²) in [5, 5.41) is 49.4. The van der Waals surface area contributed by atoms with E-state index < -0.39 is 71.8 Å². The highest BCUT2D eigenvalue weighted by atomic mass is 32.3. The smallest absolute Gasteiger partial charge is 0.388 e. The monoisotopic (exact) mass is 390 g/mol. The maximum Gasteiger partial charge on any atom is 0.397 e. The minimum atomic E-state index is -4.93. The lowest BCUT2D eigenvalue weighted by molar-refractivity contribution is -0.354. The highest BCUT2D eigenvalue weighted by Gasteiger charge is 2.50. The molecule has 13 heteroatoms. The molecule has 0 aliphatic carbocycles. The zero-order chi connectivity index (χ0) is 19.1. The number of hydrogen-bond acceptors (Lipinski definition) is 11. The zero-order valence-corrected chi connectivity index (χ0v) is 14.1. The summed E-state index contributed by atoms with van der Waals surface area (Å²) in [6.45, 7) is 2.68. The van der Waals surface area contributed by atoms with Crippen LogP contribution in [0.15, 0.2) is 0 Å². The Balaban J connectivity index is 2.14. The first-order valence-corrected chi connectivity index (χ1v) is 8.81. The minimum Gasteiger partial charge on any atom is -0.388 e. The second-order valence-corrected chi connectivity index (χ2v) is 7.04. The number of hydrogen-bond donors (Lipinski definition) is 6. The van der Waals surface area contributed by atoms with E-state index >= 15 is 0 Å². The topological polar surface area (TPSA) is 192 Å². The van der Waals surface area contributed by atoms with Gasteiger partial charge in [-0.3, -0.25) is 4.55 Å². The lowest BCUT2D eigenvalue weighted by Gasteiger charge is -2.44. The Bertz CT molecular complexity index is 554. The average Bonchev–Trinajstić information content (AvgIpc) is 2.49. The Labute approximate surface area is 143 Å². The highest BCUT2D eigenvalue weighted by Crippen LogP contribution is 2.29. The predicted molar refractivity (Wildman–Crippen MR) is 76.2 cm³/mol. The first-order valence-electron chi connectivity index (χ1n) is 7.44. The van der Waals surface area contributed by atoms with Crippen LogP contribution in [0.4, 0.5) is 0 Å². The average molecular weight is 390 g/mol. The third-order valence-corrected chi connectivity index (χ3v) is 4.57. The normalized spacial score (nSPS) is 49.1. The van der Waals surface area contributed by atoms with Crippen LogP contribution in [0.1, 0.15) is 13.8 Å². The van der Waals surface area contributed by atoms with Gasteiger partial charge in [0.1, 0.15) is 36.6 Å². The van der Waals surface area contributed by atoms with Crippen molar-refractivity contribution in [1.82, 2.24) is 0 Å². The van der Waals surface area contributed by atoms with Crippen LogP contribution in [0.25, 0.3) is 0 Å². The summed E-state index contributed by atoms with van der Waals surface area (Å²) in [5.74, 6) is 0. The van der Waals surface area contributed by atoms with Crippen LogP contribution in [0.3, 0.4) is 0 Å². The minimum absolute atomic E-state index is 0.939. The van der Waals surface area contributed by atoms with Gasteiger partial charge in [0, 0.05) is 0 Å². The fourth-order valence-corrected chi connectivity index (χ4v) is 3.26. The van der Waals surface area contributed by atoms with Crippen LogP contribution < -0.4 is 0 Å². The summed E-state index contributed by atoms with van der Waals surface area (Å²) in [6, 6.07) is 0. The van der Waals surface area contributed by atoms with Gasteiger partial charge in [-0.25, -0.2) is 4.18 Å². The van der Waals surface area contributed by atoms with Gasteiger partial charge < -0.3 is 39.7 Å². The molecule has 12 nitrogen and oxygen atoms in total. The molecule has 2 rings (SSSR count). The highest BCUT2D eigenvalue weighted by molar-refractivity contribution is 7.80. The molecule has 0 aromatic rings. The number of rotatable bonds is 4. The van der Waals surface area contributed by atoms with Gasteiger partial charge in [-0.05, 0) is 13.8 Å². The van der Waals surface area contributed by atoms with E-state index in [9.17, 15) is 34.0 Å². The molecule has 0 amide bonds. The third-order valence-electron chi connectivity index (χ3n) is 4.10. The molecule has 0 saturated carbocycles. The largest absolute Gasteiger partial charge is 0.397 e. The second kappa shape index (κ2) is 7.66. The van der Waals surface area contributed by atoms with E-state index in [-0.39, 0.29) is 0 Å². The van der Waals surface area contributed by atoms with E-state index in [0.29, 0.717) is 0 Å². The van der Waals surface area contributed by atoms with Crippen molar-refractivity contribution >= 4 is 10.4 Å². The molecule has 0 spiro atoms. The number of aliphatic hydroxyl groups excluding tert-OH is 5. The van der Waals surface area contributed by atoms with Crippen LogP contribution in [0.2, 0.25) is 0 Å². The lowest BCUT2D eigenvalue weighted by Crippen LogP contribution is -2.63. The summed E-state index contributed by atoms with van der Waals surface area (Å²) in [7, 11) is -4.93. The number of aliphatic hydroxyl groups is 5. The fourth-order valence-electron chi connectivity index (χ4n) is 2.71. The van der Waals surface area contributed by atoms with Crippen LogP contribution in [0.5, 0.6) is 0 Å². The quantitative estimate of drug-likeness (QED) is 0.260. The summed E-state index contributed by atoms with van der Waals surface area (Å²) >= 11 is 0. The van der Waals surface area contributed by atoms with Crippen molar-refractivity contribution in [3.63, 3.8) is 0 Å². The van der Waals surface area contributed by atoms with Gasteiger partial charge in [-0.15, -0.1) is 0 Å². The summed E-state index contributed by atoms with van der Waals surface area (Å²) in [4.78, 5) is 0. The fraction of sp³-hybridized carbons (Fsp3) is 1.00.